The number of rotatable bonds is 4. The first-order valence-corrected chi connectivity index (χ1v) is 9.37. The fourth-order valence-corrected chi connectivity index (χ4v) is 3.86. The molecule has 7 heteroatoms. The Bertz CT molecular complexity index is 899. The lowest BCUT2D eigenvalue weighted by atomic mass is 10.2. The normalized spacial score (nSPS) is 14.4. The van der Waals surface area contributed by atoms with Gasteiger partial charge in [-0.25, -0.2) is 14.6 Å². The summed E-state index contributed by atoms with van der Waals surface area (Å²) in [5.74, 6) is 0.585. The van der Waals surface area contributed by atoms with Crippen molar-refractivity contribution in [1.29, 1.82) is 0 Å². The number of amides is 1. The first-order valence-electron chi connectivity index (χ1n) is 8.39. The lowest BCUT2D eigenvalue weighted by molar-refractivity contribution is -0.127. The Morgan fingerprint density at radius 3 is 2.68 bits per heavy atom. The van der Waals surface area contributed by atoms with Crippen LogP contribution in [-0.2, 0) is 4.79 Å². The summed E-state index contributed by atoms with van der Waals surface area (Å²) in [5, 5.41) is 6.14. The molecule has 0 atom stereocenters. The number of aromatic nitrogens is 4. The van der Waals surface area contributed by atoms with Gasteiger partial charge in [0.05, 0.1) is 23.0 Å². The van der Waals surface area contributed by atoms with E-state index in [1.54, 1.807) is 6.20 Å². The number of benzene rings is 1. The quantitative estimate of drug-likeness (QED) is 0.533. The Morgan fingerprint density at radius 2 is 1.92 bits per heavy atom. The number of nitrogens with zero attached hydrogens (tertiary/aromatic N) is 5. The first kappa shape index (κ1) is 16.1. The second kappa shape index (κ2) is 6.84. The van der Waals surface area contributed by atoms with Crippen LogP contribution in [0.1, 0.15) is 18.4 Å². The molecule has 25 heavy (non-hydrogen) atoms. The number of carbonyl (C=O) groups excluding carboxylic acids is 1. The number of aryl methyl sites for hydroxylation is 1. The minimum Gasteiger partial charge on any atom is -0.342 e. The molecule has 0 unspecified atom stereocenters. The molecule has 0 radical (unpaired) electrons. The van der Waals surface area contributed by atoms with Crippen LogP contribution in [0.3, 0.4) is 0 Å². The summed E-state index contributed by atoms with van der Waals surface area (Å²) in [6.07, 6.45) is 5.53. The van der Waals surface area contributed by atoms with Crippen LogP contribution in [0.5, 0.6) is 0 Å². The average molecular weight is 353 g/mol. The van der Waals surface area contributed by atoms with Gasteiger partial charge in [-0.2, -0.15) is 5.10 Å². The van der Waals surface area contributed by atoms with Gasteiger partial charge in [0.15, 0.2) is 5.65 Å². The van der Waals surface area contributed by atoms with Crippen molar-refractivity contribution in [2.75, 3.05) is 18.8 Å². The van der Waals surface area contributed by atoms with Crippen molar-refractivity contribution in [3.8, 4) is 5.69 Å². The van der Waals surface area contributed by atoms with E-state index in [9.17, 15) is 4.79 Å². The second-order valence-corrected chi connectivity index (χ2v) is 7.15. The standard InChI is InChI=1S/C18H19N5OS/c1-13-4-6-14(7-5-13)23-17-15(10-21-23)18(20-12-19-17)25-11-16(24)22-8-2-3-9-22/h4-7,10,12H,2-3,8-9,11H2,1H3. The molecule has 0 aliphatic carbocycles. The summed E-state index contributed by atoms with van der Waals surface area (Å²) >= 11 is 1.46. The third-order valence-electron chi connectivity index (χ3n) is 4.40. The molecule has 0 bridgehead atoms. The molecule has 2 aromatic heterocycles. The van der Waals surface area contributed by atoms with Gasteiger partial charge in [0.25, 0.3) is 0 Å². The van der Waals surface area contributed by atoms with Crippen molar-refractivity contribution in [2.24, 2.45) is 0 Å². The predicted molar refractivity (Wildman–Crippen MR) is 97.9 cm³/mol. The fourth-order valence-electron chi connectivity index (χ4n) is 3.00. The number of thioether (sulfide) groups is 1. The molecule has 0 spiro atoms. The van der Waals surface area contributed by atoms with Crippen LogP contribution < -0.4 is 0 Å². The SMILES string of the molecule is Cc1ccc(-n2ncc3c(SCC(=O)N4CCCC4)ncnc32)cc1. The van der Waals surface area contributed by atoms with Gasteiger partial charge in [0, 0.05) is 13.1 Å². The van der Waals surface area contributed by atoms with Crippen LogP contribution in [0.25, 0.3) is 16.7 Å². The van der Waals surface area contributed by atoms with Crippen LogP contribution in [0.2, 0.25) is 0 Å². The minimum atomic E-state index is 0.181. The molecule has 3 aromatic rings. The van der Waals surface area contributed by atoms with Crippen molar-refractivity contribution in [2.45, 2.75) is 24.8 Å². The van der Waals surface area contributed by atoms with Gasteiger partial charge in [-0.3, -0.25) is 4.79 Å². The molecule has 1 fully saturated rings. The largest absolute Gasteiger partial charge is 0.342 e. The van der Waals surface area contributed by atoms with Gasteiger partial charge < -0.3 is 4.90 Å². The van der Waals surface area contributed by atoms with Gasteiger partial charge in [-0.15, -0.1) is 0 Å². The zero-order chi connectivity index (χ0) is 17.2. The van der Waals surface area contributed by atoms with Gasteiger partial charge in [0.1, 0.15) is 11.4 Å². The third-order valence-corrected chi connectivity index (χ3v) is 5.39. The Kier molecular flexibility index (Phi) is 4.40. The molecular weight excluding hydrogens is 334 g/mol. The lowest BCUT2D eigenvalue weighted by Gasteiger charge is -2.14. The van der Waals surface area contributed by atoms with Crippen LogP contribution >= 0.6 is 11.8 Å². The molecule has 1 aromatic carbocycles. The van der Waals surface area contributed by atoms with Crippen molar-refractivity contribution < 1.29 is 4.79 Å². The van der Waals surface area contributed by atoms with Crippen molar-refractivity contribution in [1.82, 2.24) is 24.6 Å². The Labute approximate surface area is 150 Å². The van der Waals surface area contributed by atoms with Gasteiger partial charge in [0.2, 0.25) is 5.91 Å². The van der Waals surface area contributed by atoms with Crippen LogP contribution in [0.4, 0.5) is 0 Å². The molecule has 1 aliphatic rings. The maximum Gasteiger partial charge on any atom is 0.232 e. The Balaban J connectivity index is 1.58. The van der Waals surface area contributed by atoms with E-state index in [1.807, 2.05) is 21.7 Å². The summed E-state index contributed by atoms with van der Waals surface area (Å²) < 4.78 is 1.81. The molecule has 4 rings (SSSR count). The van der Waals surface area contributed by atoms with Crippen molar-refractivity contribution >= 4 is 28.7 Å². The van der Waals surface area contributed by atoms with E-state index in [2.05, 4.69) is 34.1 Å². The Hall–Kier alpha value is -2.41. The highest BCUT2D eigenvalue weighted by molar-refractivity contribution is 8.00. The van der Waals surface area contributed by atoms with E-state index >= 15 is 0 Å². The van der Waals surface area contributed by atoms with Crippen molar-refractivity contribution in [3.63, 3.8) is 0 Å². The smallest absolute Gasteiger partial charge is 0.232 e. The molecule has 1 saturated heterocycles. The van der Waals surface area contributed by atoms with E-state index < -0.39 is 0 Å². The summed E-state index contributed by atoms with van der Waals surface area (Å²) in [5.41, 5.74) is 2.92. The molecule has 0 saturated carbocycles. The van der Waals surface area contributed by atoms with E-state index in [1.165, 1.54) is 23.7 Å². The predicted octanol–water partition coefficient (Wildman–Crippen LogP) is 2.84. The van der Waals surface area contributed by atoms with E-state index in [0.717, 1.165) is 47.7 Å². The molecule has 1 aliphatic heterocycles. The number of hydrogen-bond acceptors (Lipinski definition) is 5. The molecule has 6 nitrogen and oxygen atoms in total. The summed E-state index contributed by atoms with van der Waals surface area (Å²) in [7, 11) is 0. The van der Waals surface area contributed by atoms with Crippen LogP contribution in [0, 0.1) is 6.92 Å². The third kappa shape index (κ3) is 3.24. The van der Waals surface area contributed by atoms with Gasteiger partial charge in [-0.05, 0) is 31.9 Å². The maximum atomic E-state index is 12.3. The Morgan fingerprint density at radius 1 is 1.16 bits per heavy atom. The van der Waals surface area contributed by atoms with Gasteiger partial charge in [-0.1, -0.05) is 29.5 Å². The number of carbonyl (C=O) groups is 1. The van der Waals surface area contributed by atoms with E-state index in [-0.39, 0.29) is 5.91 Å². The van der Waals surface area contributed by atoms with Crippen molar-refractivity contribution in [3.05, 3.63) is 42.4 Å². The zero-order valence-electron chi connectivity index (χ0n) is 14.1. The lowest BCUT2D eigenvalue weighted by Crippen LogP contribution is -2.29. The van der Waals surface area contributed by atoms with Gasteiger partial charge >= 0.3 is 0 Å². The van der Waals surface area contributed by atoms with Crippen LogP contribution in [-0.4, -0.2) is 49.4 Å². The topological polar surface area (TPSA) is 63.9 Å². The number of fused-ring (bicyclic) bond motifs is 1. The minimum absolute atomic E-state index is 0.181. The second-order valence-electron chi connectivity index (χ2n) is 6.18. The molecule has 3 heterocycles. The summed E-state index contributed by atoms with van der Waals surface area (Å²) in [6, 6.07) is 8.14. The highest BCUT2D eigenvalue weighted by atomic mass is 32.2. The summed E-state index contributed by atoms with van der Waals surface area (Å²) in [4.78, 5) is 22.9. The fraction of sp³-hybridized carbons (Fsp3) is 0.333. The molecule has 1 amide bonds. The molecule has 128 valence electrons. The van der Waals surface area contributed by atoms with E-state index in [0.29, 0.717) is 5.75 Å². The highest BCUT2D eigenvalue weighted by Gasteiger charge is 2.19. The van der Waals surface area contributed by atoms with E-state index in [4.69, 9.17) is 0 Å². The molecule has 0 N–H and O–H groups in total. The molecular formula is C18H19N5OS. The monoisotopic (exact) mass is 353 g/mol. The van der Waals surface area contributed by atoms with Crippen LogP contribution in [0.15, 0.2) is 41.8 Å². The highest BCUT2D eigenvalue weighted by Crippen LogP contribution is 2.26. The summed E-state index contributed by atoms with van der Waals surface area (Å²) in [6.45, 7) is 3.81. The number of likely N-dealkylation sites (tertiary alicyclic amines) is 1. The first-order chi connectivity index (χ1) is 12.2. The average Bonchev–Trinajstić information content (AvgIpc) is 3.30. The zero-order valence-corrected chi connectivity index (χ0v) is 14.9. The maximum absolute atomic E-state index is 12.3. The number of hydrogen-bond donors (Lipinski definition) is 0.